The SMILES string of the molecule is CCOC(=O)CC(O)CNCC(COC)OC. The molecule has 0 aromatic carbocycles. The predicted octanol–water partition coefficient (Wildman–Crippen LogP) is -0.448. The fourth-order valence-electron chi connectivity index (χ4n) is 1.29. The number of aliphatic hydroxyl groups is 1. The lowest BCUT2D eigenvalue weighted by atomic mass is 10.2. The molecule has 6 nitrogen and oxygen atoms in total. The van der Waals surface area contributed by atoms with Gasteiger partial charge in [-0.1, -0.05) is 0 Å². The van der Waals surface area contributed by atoms with Crippen molar-refractivity contribution in [2.75, 3.05) is 40.5 Å². The van der Waals surface area contributed by atoms with Crippen LogP contribution in [0, 0.1) is 0 Å². The van der Waals surface area contributed by atoms with E-state index in [9.17, 15) is 9.90 Å². The van der Waals surface area contributed by atoms with Crippen molar-refractivity contribution < 1.29 is 24.1 Å². The first-order chi connectivity index (χ1) is 8.13. The van der Waals surface area contributed by atoms with Crippen LogP contribution in [0.15, 0.2) is 0 Å². The minimum atomic E-state index is -0.742. The Morgan fingerprint density at radius 3 is 2.59 bits per heavy atom. The van der Waals surface area contributed by atoms with Gasteiger partial charge in [0.1, 0.15) is 0 Å². The lowest BCUT2D eigenvalue weighted by Crippen LogP contribution is -2.37. The van der Waals surface area contributed by atoms with Crippen LogP contribution in [0.3, 0.4) is 0 Å². The number of aliphatic hydroxyl groups excluding tert-OH is 1. The molecule has 0 saturated carbocycles. The fraction of sp³-hybridized carbons (Fsp3) is 0.909. The molecule has 2 N–H and O–H groups in total. The average Bonchev–Trinajstić information content (AvgIpc) is 2.28. The molecule has 0 aliphatic heterocycles. The number of nitrogens with one attached hydrogen (secondary N) is 1. The molecule has 0 radical (unpaired) electrons. The van der Waals surface area contributed by atoms with E-state index < -0.39 is 6.10 Å². The average molecular weight is 249 g/mol. The third kappa shape index (κ3) is 9.05. The maximum absolute atomic E-state index is 11.1. The highest BCUT2D eigenvalue weighted by Crippen LogP contribution is 1.94. The van der Waals surface area contributed by atoms with Gasteiger partial charge in [-0.3, -0.25) is 4.79 Å². The van der Waals surface area contributed by atoms with E-state index in [1.54, 1.807) is 21.1 Å². The van der Waals surface area contributed by atoms with Crippen LogP contribution >= 0.6 is 0 Å². The standard InChI is InChI=1S/C11H23NO5/c1-4-17-11(14)5-9(13)6-12-7-10(16-3)8-15-2/h9-10,12-13H,4-8H2,1-3H3. The Balaban J connectivity index is 3.61. The minimum Gasteiger partial charge on any atom is -0.466 e. The highest BCUT2D eigenvalue weighted by atomic mass is 16.5. The number of methoxy groups -OCH3 is 2. The van der Waals surface area contributed by atoms with Crippen LogP contribution < -0.4 is 5.32 Å². The second-order valence-corrected chi connectivity index (χ2v) is 3.63. The summed E-state index contributed by atoms with van der Waals surface area (Å²) in [5.41, 5.74) is 0. The zero-order chi connectivity index (χ0) is 13.1. The van der Waals surface area contributed by atoms with Crippen molar-refractivity contribution in [2.24, 2.45) is 0 Å². The Morgan fingerprint density at radius 2 is 2.06 bits per heavy atom. The largest absolute Gasteiger partial charge is 0.466 e. The number of ether oxygens (including phenoxy) is 3. The van der Waals surface area contributed by atoms with Crippen molar-refractivity contribution >= 4 is 5.97 Å². The van der Waals surface area contributed by atoms with Crippen LogP contribution in [0.1, 0.15) is 13.3 Å². The van der Waals surface area contributed by atoms with E-state index in [4.69, 9.17) is 14.2 Å². The summed E-state index contributed by atoms with van der Waals surface area (Å²) in [5, 5.41) is 12.5. The van der Waals surface area contributed by atoms with Crippen molar-refractivity contribution in [3.63, 3.8) is 0 Å². The number of hydrogen-bond acceptors (Lipinski definition) is 6. The van der Waals surface area contributed by atoms with Gasteiger partial charge in [-0.25, -0.2) is 0 Å². The summed E-state index contributed by atoms with van der Waals surface area (Å²) in [7, 11) is 3.20. The lowest BCUT2D eigenvalue weighted by molar-refractivity contribution is -0.145. The molecule has 0 rings (SSSR count). The van der Waals surface area contributed by atoms with E-state index in [0.29, 0.717) is 26.3 Å². The molecule has 0 fully saturated rings. The zero-order valence-electron chi connectivity index (χ0n) is 10.8. The Bertz CT molecular complexity index is 200. The first-order valence-corrected chi connectivity index (χ1v) is 5.70. The maximum Gasteiger partial charge on any atom is 0.308 e. The number of esters is 1. The molecule has 0 heterocycles. The van der Waals surface area contributed by atoms with Gasteiger partial charge >= 0.3 is 5.97 Å². The first-order valence-electron chi connectivity index (χ1n) is 5.70. The van der Waals surface area contributed by atoms with Crippen molar-refractivity contribution in [3.05, 3.63) is 0 Å². The van der Waals surface area contributed by atoms with Crippen LogP contribution in [0.4, 0.5) is 0 Å². The molecule has 0 amide bonds. The Kier molecular flexibility index (Phi) is 10.0. The van der Waals surface area contributed by atoms with Crippen molar-refractivity contribution in [1.82, 2.24) is 5.32 Å². The number of carbonyl (C=O) groups excluding carboxylic acids is 1. The van der Waals surface area contributed by atoms with Crippen molar-refractivity contribution in [3.8, 4) is 0 Å². The smallest absolute Gasteiger partial charge is 0.308 e. The molecule has 0 aromatic heterocycles. The summed E-state index contributed by atoms with van der Waals surface area (Å²) in [6.45, 7) is 3.43. The summed E-state index contributed by atoms with van der Waals surface area (Å²) in [5.74, 6) is -0.387. The van der Waals surface area contributed by atoms with E-state index in [1.807, 2.05) is 0 Å². The van der Waals surface area contributed by atoms with E-state index in [2.05, 4.69) is 5.32 Å². The lowest BCUT2D eigenvalue weighted by Gasteiger charge is -2.16. The molecule has 2 unspecified atom stereocenters. The topological polar surface area (TPSA) is 77.0 Å². The summed E-state index contributed by atoms with van der Waals surface area (Å²) in [4.78, 5) is 11.1. The van der Waals surface area contributed by atoms with Crippen molar-refractivity contribution in [1.29, 1.82) is 0 Å². The van der Waals surface area contributed by atoms with Crippen LogP contribution in [-0.2, 0) is 19.0 Å². The highest BCUT2D eigenvalue weighted by molar-refractivity contribution is 5.69. The van der Waals surface area contributed by atoms with Gasteiger partial charge in [0.15, 0.2) is 0 Å². The Hall–Kier alpha value is -0.690. The number of hydrogen-bond donors (Lipinski definition) is 2. The van der Waals surface area contributed by atoms with Crippen molar-refractivity contribution in [2.45, 2.75) is 25.6 Å². The van der Waals surface area contributed by atoms with Crippen LogP contribution in [-0.4, -0.2) is 63.8 Å². The first kappa shape index (κ1) is 16.3. The molecule has 102 valence electrons. The molecule has 0 aromatic rings. The predicted molar refractivity (Wildman–Crippen MR) is 62.8 cm³/mol. The summed E-state index contributed by atoms with van der Waals surface area (Å²) in [6, 6.07) is 0. The maximum atomic E-state index is 11.1. The molecule has 0 spiro atoms. The van der Waals surface area contributed by atoms with Gasteiger partial charge < -0.3 is 24.6 Å². The second-order valence-electron chi connectivity index (χ2n) is 3.63. The summed E-state index contributed by atoms with van der Waals surface area (Å²) < 4.78 is 14.8. The van der Waals surface area contributed by atoms with E-state index in [1.165, 1.54) is 0 Å². The molecule has 0 aliphatic rings. The Morgan fingerprint density at radius 1 is 1.35 bits per heavy atom. The van der Waals surface area contributed by atoms with Gasteiger partial charge in [-0.2, -0.15) is 0 Å². The molecule has 17 heavy (non-hydrogen) atoms. The van der Waals surface area contributed by atoms with E-state index >= 15 is 0 Å². The number of rotatable bonds is 10. The van der Waals surface area contributed by atoms with Gasteiger partial charge in [0.05, 0.1) is 31.8 Å². The fourth-order valence-corrected chi connectivity index (χ4v) is 1.29. The number of carbonyl (C=O) groups is 1. The quantitative estimate of drug-likeness (QED) is 0.511. The molecule has 0 saturated heterocycles. The van der Waals surface area contributed by atoms with Gasteiger partial charge in [-0.05, 0) is 6.92 Å². The molecular formula is C11H23NO5. The monoisotopic (exact) mass is 249 g/mol. The molecule has 0 aliphatic carbocycles. The van der Waals surface area contributed by atoms with E-state index in [0.717, 1.165) is 0 Å². The van der Waals surface area contributed by atoms with Crippen LogP contribution in [0.25, 0.3) is 0 Å². The zero-order valence-corrected chi connectivity index (χ0v) is 10.8. The van der Waals surface area contributed by atoms with E-state index in [-0.39, 0.29) is 18.5 Å². The normalized spacial score (nSPS) is 14.4. The van der Waals surface area contributed by atoms with Gasteiger partial charge in [-0.15, -0.1) is 0 Å². The molecule has 2 atom stereocenters. The van der Waals surface area contributed by atoms with Gasteiger partial charge in [0.2, 0.25) is 0 Å². The molecule has 6 heteroatoms. The second kappa shape index (κ2) is 10.5. The molecular weight excluding hydrogens is 226 g/mol. The third-order valence-corrected chi connectivity index (χ3v) is 2.15. The summed E-state index contributed by atoms with van der Waals surface area (Å²) in [6.07, 6.45) is -0.799. The Labute approximate surface area is 102 Å². The minimum absolute atomic E-state index is 0.00274. The van der Waals surface area contributed by atoms with Gasteiger partial charge in [0, 0.05) is 27.3 Å². The third-order valence-electron chi connectivity index (χ3n) is 2.15. The molecule has 0 bridgehead atoms. The summed E-state index contributed by atoms with van der Waals surface area (Å²) >= 11 is 0. The van der Waals surface area contributed by atoms with Crippen LogP contribution in [0.5, 0.6) is 0 Å². The highest BCUT2D eigenvalue weighted by Gasteiger charge is 2.12. The van der Waals surface area contributed by atoms with Crippen LogP contribution in [0.2, 0.25) is 0 Å². The van der Waals surface area contributed by atoms with Gasteiger partial charge in [0.25, 0.3) is 0 Å².